The first kappa shape index (κ1) is 13.9. The summed E-state index contributed by atoms with van der Waals surface area (Å²) in [6.07, 6.45) is 0. The number of aryl methyl sites for hydroxylation is 1. The van der Waals surface area contributed by atoms with Crippen LogP contribution in [-0.2, 0) is 0 Å². The Bertz CT molecular complexity index is 840. The van der Waals surface area contributed by atoms with Crippen molar-refractivity contribution < 1.29 is 9.18 Å². The van der Waals surface area contributed by atoms with Crippen LogP contribution in [0.25, 0.3) is 17.1 Å². The van der Waals surface area contributed by atoms with Crippen molar-refractivity contribution in [1.29, 1.82) is 0 Å². The number of para-hydroxylation sites is 1. The summed E-state index contributed by atoms with van der Waals surface area (Å²) in [4.78, 5) is 15.6. The number of nitrogens with two attached hydrogens (primary N) is 1. The van der Waals surface area contributed by atoms with E-state index in [1.807, 2.05) is 31.2 Å². The first-order chi connectivity index (χ1) is 10.6. The van der Waals surface area contributed by atoms with Crippen LogP contribution in [0.5, 0.6) is 0 Å². The Kier molecular flexibility index (Phi) is 3.42. The van der Waals surface area contributed by atoms with Crippen LogP contribution in [0.1, 0.15) is 16.2 Å². The Morgan fingerprint density at radius 1 is 1.14 bits per heavy atom. The number of hydrogen-bond donors (Lipinski definition) is 1. The van der Waals surface area contributed by atoms with Gasteiger partial charge in [-0.2, -0.15) is 0 Å². The Balaban J connectivity index is 2.23. The van der Waals surface area contributed by atoms with E-state index in [0.29, 0.717) is 11.4 Å². The molecule has 22 heavy (non-hydrogen) atoms. The van der Waals surface area contributed by atoms with Gasteiger partial charge in [0.15, 0.2) is 5.82 Å². The zero-order chi connectivity index (χ0) is 15.7. The van der Waals surface area contributed by atoms with Crippen molar-refractivity contribution in [3.63, 3.8) is 0 Å². The molecule has 0 fully saturated rings. The number of nitrogens with zero attached hydrogens (tertiary/aromatic N) is 3. The highest BCUT2D eigenvalue weighted by Gasteiger charge is 2.17. The molecule has 3 rings (SSSR count). The molecule has 0 unspecified atom stereocenters. The molecule has 1 heterocycles. The van der Waals surface area contributed by atoms with E-state index in [2.05, 4.69) is 10.1 Å². The number of amides is 1. The van der Waals surface area contributed by atoms with Gasteiger partial charge in [0, 0.05) is 5.56 Å². The van der Waals surface area contributed by atoms with Crippen LogP contribution in [-0.4, -0.2) is 20.7 Å². The molecule has 5 nitrogen and oxygen atoms in total. The smallest absolute Gasteiger partial charge is 0.288 e. The Morgan fingerprint density at radius 2 is 1.82 bits per heavy atom. The van der Waals surface area contributed by atoms with Gasteiger partial charge >= 0.3 is 0 Å². The Hall–Kier alpha value is -3.02. The minimum Gasteiger partial charge on any atom is -0.363 e. The highest BCUT2D eigenvalue weighted by atomic mass is 19.1. The molecule has 0 spiro atoms. The van der Waals surface area contributed by atoms with E-state index in [1.165, 1.54) is 12.1 Å². The van der Waals surface area contributed by atoms with Crippen LogP contribution in [0.15, 0.2) is 48.5 Å². The minimum absolute atomic E-state index is 0.0809. The van der Waals surface area contributed by atoms with Crippen LogP contribution < -0.4 is 5.73 Å². The number of benzene rings is 2. The average molecular weight is 296 g/mol. The largest absolute Gasteiger partial charge is 0.363 e. The number of primary amides is 1. The molecule has 0 bridgehead atoms. The van der Waals surface area contributed by atoms with Crippen molar-refractivity contribution in [2.45, 2.75) is 6.92 Å². The number of hydrogen-bond acceptors (Lipinski definition) is 3. The highest BCUT2D eigenvalue weighted by Crippen LogP contribution is 2.23. The fourth-order valence-electron chi connectivity index (χ4n) is 2.17. The van der Waals surface area contributed by atoms with Crippen LogP contribution in [0.3, 0.4) is 0 Å². The second kappa shape index (κ2) is 5.40. The molecule has 1 amide bonds. The van der Waals surface area contributed by atoms with Crippen molar-refractivity contribution in [1.82, 2.24) is 14.8 Å². The van der Waals surface area contributed by atoms with Gasteiger partial charge in [0.25, 0.3) is 5.91 Å². The summed E-state index contributed by atoms with van der Waals surface area (Å²) in [7, 11) is 0. The zero-order valence-electron chi connectivity index (χ0n) is 11.8. The zero-order valence-corrected chi connectivity index (χ0v) is 11.8. The van der Waals surface area contributed by atoms with Gasteiger partial charge in [-0.05, 0) is 42.8 Å². The third-order valence-electron chi connectivity index (χ3n) is 3.27. The minimum atomic E-state index is -0.712. The maximum atomic E-state index is 13.1. The molecule has 0 aliphatic carbocycles. The lowest BCUT2D eigenvalue weighted by atomic mass is 10.1. The number of carbonyl (C=O) groups is 1. The first-order valence-corrected chi connectivity index (χ1v) is 6.65. The average Bonchev–Trinajstić information content (AvgIpc) is 2.94. The molecule has 0 saturated heterocycles. The normalized spacial score (nSPS) is 10.6. The maximum absolute atomic E-state index is 13.1. The van der Waals surface area contributed by atoms with Gasteiger partial charge in [-0.3, -0.25) is 4.79 Å². The van der Waals surface area contributed by atoms with Gasteiger partial charge in [0.1, 0.15) is 5.82 Å². The molecule has 0 radical (unpaired) electrons. The van der Waals surface area contributed by atoms with E-state index in [4.69, 9.17) is 5.73 Å². The van der Waals surface area contributed by atoms with Crippen LogP contribution in [0.2, 0.25) is 0 Å². The molecule has 6 heteroatoms. The van der Waals surface area contributed by atoms with Crippen LogP contribution in [0.4, 0.5) is 4.39 Å². The van der Waals surface area contributed by atoms with E-state index >= 15 is 0 Å². The topological polar surface area (TPSA) is 73.8 Å². The van der Waals surface area contributed by atoms with Crippen molar-refractivity contribution in [2.75, 3.05) is 0 Å². The Morgan fingerprint density at radius 3 is 2.45 bits per heavy atom. The molecule has 2 N–H and O–H groups in total. The molecule has 0 atom stereocenters. The third kappa shape index (κ3) is 2.46. The van der Waals surface area contributed by atoms with Crippen molar-refractivity contribution in [3.05, 3.63) is 65.7 Å². The van der Waals surface area contributed by atoms with Crippen molar-refractivity contribution in [2.24, 2.45) is 5.73 Å². The third-order valence-corrected chi connectivity index (χ3v) is 3.27. The Labute approximate surface area is 126 Å². The number of halogens is 1. The summed E-state index contributed by atoms with van der Waals surface area (Å²) in [6.45, 7) is 1.93. The number of rotatable bonds is 3. The molecule has 2 aromatic carbocycles. The molecule has 3 aromatic rings. The second-order valence-electron chi connectivity index (χ2n) is 4.83. The summed E-state index contributed by atoms with van der Waals surface area (Å²) in [6, 6.07) is 13.4. The van der Waals surface area contributed by atoms with Gasteiger partial charge in [-0.25, -0.2) is 14.1 Å². The molecule has 1 aromatic heterocycles. The number of aromatic nitrogens is 3. The lowest BCUT2D eigenvalue weighted by Gasteiger charge is -2.08. The maximum Gasteiger partial charge on any atom is 0.288 e. The van der Waals surface area contributed by atoms with E-state index in [-0.39, 0.29) is 11.6 Å². The predicted molar refractivity (Wildman–Crippen MR) is 80.0 cm³/mol. The molecule has 0 aliphatic rings. The van der Waals surface area contributed by atoms with E-state index < -0.39 is 5.91 Å². The summed E-state index contributed by atoms with van der Waals surface area (Å²) in [5.41, 5.74) is 7.66. The van der Waals surface area contributed by atoms with E-state index in [1.54, 1.807) is 16.8 Å². The van der Waals surface area contributed by atoms with E-state index in [0.717, 1.165) is 11.3 Å². The predicted octanol–water partition coefficient (Wildman–Crippen LogP) is 2.48. The van der Waals surface area contributed by atoms with Crippen molar-refractivity contribution in [3.8, 4) is 17.1 Å². The second-order valence-corrected chi connectivity index (χ2v) is 4.83. The van der Waals surface area contributed by atoms with Gasteiger partial charge in [-0.15, -0.1) is 5.10 Å². The van der Waals surface area contributed by atoms with Gasteiger partial charge in [0.2, 0.25) is 5.82 Å². The molecular weight excluding hydrogens is 283 g/mol. The van der Waals surface area contributed by atoms with Crippen LogP contribution >= 0.6 is 0 Å². The summed E-state index contributed by atoms with van der Waals surface area (Å²) >= 11 is 0. The highest BCUT2D eigenvalue weighted by molar-refractivity contribution is 5.89. The lowest BCUT2D eigenvalue weighted by molar-refractivity contribution is 0.0990. The molecule has 110 valence electrons. The summed E-state index contributed by atoms with van der Waals surface area (Å²) in [5.74, 6) is -0.706. The molecule has 0 saturated carbocycles. The van der Waals surface area contributed by atoms with Crippen LogP contribution in [0, 0.1) is 12.7 Å². The number of carbonyl (C=O) groups excluding carboxylic acids is 1. The summed E-state index contributed by atoms with van der Waals surface area (Å²) in [5, 5.41) is 4.18. The first-order valence-electron chi connectivity index (χ1n) is 6.65. The van der Waals surface area contributed by atoms with Crippen molar-refractivity contribution >= 4 is 5.91 Å². The summed E-state index contributed by atoms with van der Waals surface area (Å²) < 4.78 is 14.7. The molecular formula is C16H13FN4O. The van der Waals surface area contributed by atoms with Gasteiger partial charge in [-0.1, -0.05) is 18.2 Å². The molecule has 0 aliphatic heterocycles. The van der Waals surface area contributed by atoms with Gasteiger partial charge < -0.3 is 5.73 Å². The fraction of sp³-hybridized carbons (Fsp3) is 0.0625. The van der Waals surface area contributed by atoms with E-state index in [9.17, 15) is 9.18 Å². The lowest BCUT2D eigenvalue weighted by Crippen LogP contribution is -2.13. The quantitative estimate of drug-likeness (QED) is 0.807. The monoisotopic (exact) mass is 296 g/mol. The van der Waals surface area contributed by atoms with Gasteiger partial charge in [0.05, 0.1) is 5.69 Å². The standard InChI is InChI=1S/C16H13FN4O/c1-10-4-2-3-5-13(10)21-16(19-15(20-21)14(18)22)11-6-8-12(17)9-7-11/h2-9H,1H3,(H2,18,22). The SMILES string of the molecule is Cc1ccccc1-n1nc(C(N)=O)nc1-c1ccc(F)cc1. The fourth-order valence-corrected chi connectivity index (χ4v) is 2.17.